The predicted molar refractivity (Wildman–Crippen MR) is 49.3 cm³/mol. The first-order valence-corrected chi connectivity index (χ1v) is 4.30. The number of ether oxygens (including phenoxy) is 1. The number of likely N-dealkylation sites (N-methyl/N-ethyl adjacent to an activating group) is 1. The van der Waals surface area contributed by atoms with Gasteiger partial charge in [-0.1, -0.05) is 13.8 Å². The molecule has 0 aromatic heterocycles. The Kier molecular flexibility index (Phi) is 5.30. The van der Waals surface area contributed by atoms with Crippen molar-refractivity contribution in [1.82, 2.24) is 5.32 Å². The third kappa shape index (κ3) is 4.03. The molecule has 0 saturated heterocycles. The SMILES string of the molecule is CNC(C(=O)CC(C)C)C(=O)OC. The van der Waals surface area contributed by atoms with E-state index in [1.807, 2.05) is 13.8 Å². The number of hydrogen-bond acceptors (Lipinski definition) is 4. The number of rotatable bonds is 5. The highest BCUT2D eigenvalue weighted by Gasteiger charge is 2.25. The van der Waals surface area contributed by atoms with Crippen LogP contribution >= 0.6 is 0 Å². The third-order valence-electron chi connectivity index (χ3n) is 1.66. The third-order valence-corrected chi connectivity index (χ3v) is 1.66. The Bertz CT molecular complexity index is 189. The van der Waals surface area contributed by atoms with Gasteiger partial charge in [-0.05, 0) is 13.0 Å². The number of ketones is 1. The molecule has 0 spiro atoms. The van der Waals surface area contributed by atoms with Crippen LogP contribution in [0.25, 0.3) is 0 Å². The van der Waals surface area contributed by atoms with Gasteiger partial charge in [0.2, 0.25) is 0 Å². The molecule has 76 valence electrons. The Morgan fingerprint density at radius 1 is 1.38 bits per heavy atom. The highest BCUT2D eigenvalue weighted by Crippen LogP contribution is 2.03. The Morgan fingerprint density at radius 2 is 1.92 bits per heavy atom. The fraction of sp³-hybridized carbons (Fsp3) is 0.778. The first-order valence-electron chi connectivity index (χ1n) is 4.30. The molecule has 0 aliphatic rings. The molecule has 13 heavy (non-hydrogen) atoms. The van der Waals surface area contributed by atoms with Crippen molar-refractivity contribution in [1.29, 1.82) is 0 Å². The largest absolute Gasteiger partial charge is 0.468 e. The summed E-state index contributed by atoms with van der Waals surface area (Å²) >= 11 is 0. The summed E-state index contributed by atoms with van der Waals surface area (Å²) in [5.41, 5.74) is 0. The van der Waals surface area contributed by atoms with E-state index in [1.54, 1.807) is 7.05 Å². The molecule has 1 atom stereocenters. The highest BCUT2D eigenvalue weighted by molar-refractivity contribution is 6.03. The van der Waals surface area contributed by atoms with Gasteiger partial charge in [0, 0.05) is 6.42 Å². The summed E-state index contributed by atoms with van der Waals surface area (Å²) in [4.78, 5) is 22.5. The summed E-state index contributed by atoms with van der Waals surface area (Å²) in [7, 11) is 2.84. The molecule has 4 nitrogen and oxygen atoms in total. The minimum absolute atomic E-state index is 0.121. The van der Waals surface area contributed by atoms with Crippen LogP contribution in [0.5, 0.6) is 0 Å². The monoisotopic (exact) mass is 187 g/mol. The molecule has 0 radical (unpaired) electrons. The molecule has 4 heteroatoms. The van der Waals surface area contributed by atoms with E-state index >= 15 is 0 Å². The molecule has 0 aliphatic heterocycles. The van der Waals surface area contributed by atoms with Gasteiger partial charge in [0.15, 0.2) is 11.8 Å². The quantitative estimate of drug-likeness (QED) is 0.499. The van der Waals surface area contributed by atoms with Crippen LogP contribution in [0, 0.1) is 5.92 Å². The van der Waals surface area contributed by atoms with Crippen LogP contribution < -0.4 is 5.32 Å². The fourth-order valence-corrected chi connectivity index (χ4v) is 1.05. The van der Waals surface area contributed by atoms with E-state index in [0.29, 0.717) is 6.42 Å². The lowest BCUT2D eigenvalue weighted by Gasteiger charge is -2.13. The number of carbonyl (C=O) groups excluding carboxylic acids is 2. The number of carbonyl (C=O) groups is 2. The number of Topliss-reactive ketones (excluding diaryl/α,β-unsaturated/α-hetero) is 1. The standard InChI is InChI=1S/C9H17NO3/c1-6(2)5-7(11)8(10-3)9(12)13-4/h6,8,10H,5H2,1-4H3. The van der Waals surface area contributed by atoms with Crippen LogP contribution in [0.2, 0.25) is 0 Å². The summed E-state index contributed by atoms with van der Waals surface area (Å²) in [5.74, 6) is -0.384. The number of methoxy groups -OCH3 is 1. The molecule has 0 aliphatic carbocycles. The van der Waals surface area contributed by atoms with Crippen molar-refractivity contribution < 1.29 is 14.3 Å². The minimum Gasteiger partial charge on any atom is -0.468 e. The van der Waals surface area contributed by atoms with E-state index < -0.39 is 12.0 Å². The van der Waals surface area contributed by atoms with E-state index in [0.717, 1.165) is 0 Å². The van der Waals surface area contributed by atoms with E-state index in [4.69, 9.17) is 0 Å². The molecule has 0 bridgehead atoms. The first kappa shape index (κ1) is 12.1. The molecular weight excluding hydrogens is 170 g/mol. The first-order chi connectivity index (χ1) is 6.02. The molecule has 1 N–H and O–H groups in total. The summed E-state index contributed by atoms with van der Waals surface area (Å²) < 4.78 is 4.48. The zero-order chi connectivity index (χ0) is 10.4. The molecule has 0 aromatic carbocycles. The van der Waals surface area contributed by atoms with E-state index in [2.05, 4.69) is 10.1 Å². The van der Waals surface area contributed by atoms with Crippen molar-refractivity contribution in [3.05, 3.63) is 0 Å². The van der Waals surface area contributed by atoms with E-state index in [-0.39, 0.29) is 11.7 Å². The van der Waals surface area contributed by atoms with E-state index in [9.17, 15) is 9.59 Å². The molecule has 0 heterocycles. The zero-order valence-electron chi connectivity index (χ0n) is 8.59. The van der Waals surface area contributed by atoms with Crippen molar-refractivity contribution in [2.45, 2.75) is 26.3 Å². The van der Waals surface area contributed by atoms with Crippen LogP contribution in [0.4, 0.5) is 0 Å². The van der Waals surface area contributed by atoms with Gasteiger partial charge in [0.1, 0.15) is 0 Å². The Labute approximate surface area is 78.6 Å². The van der Waals surface area contributed by atoms with Crippen LogP contribution in [0.1, 0.15) is 20.3 Å². The van der Waals surface area contributed by atoms with Gasteiger partial charge >= 0.3 is 5.97 Å². The smallest absolute Gasteiger partial charge is 0.330 e. The van der Waals surface area contributed by atoms with Gasteiger partial charge in [-0.3, -0.25) is 4.79 Å². The number of hydrogen-bond donors (Lipinski definition) is 1. The van der Waals surface area contributed by atoms with Gasteiger partial charge < -0.3 is 10.1 Å². The topological polar surface area (TPSA) is 55.4 Å². The van der Waals surface area contributed by atoms with Gasteiger partial charge in [-0.25, -0.2) is 4.79 Å². The Hall–Kier alpha value is -0.900. The van der Waals surface area contributed by atoms with Crippen LogP contribution in [0.3, 0.4) is 0 Å². The fourth-order valence-electron chi connectivity index (χ4n) is 1.05. The molecule has 1 unspecified atom stereocenters. The molecule has 0 amide bonds. The summed E-state index contributed by atoms with van der Waals surface area (Å²) in [6, 6.07) is -0.813. The Morgan fingerprint density at radius 3 is 2.23 bits per heavy atom. The number of esters is 1. The molecule has 0 fully saturated rings. The predicted octanol–water partition coefficient (Wildman–Crippen LogP) is 0.363. The second-order valence-electron chi connectivity index (χ2n) is 3.31. The molecule has 0 rings (SSSR count). The average molecular weight is 187 g/mol. The van der Waals surface area contributed by atoms with Crippen LogP contribution in [-0.2, 0) is 14.3 Å². The van der Waals surface area contributed by atoms with Crippen molar-refractivity contribution in [2.75, 3.05) is 14.2 Å². The molecular formula is C9H17NO3. The van der Waals surface area contributed by atoms with Crippen molar-refractivity contribution in [3.63, 3.8) is 0 Å². The van der Waals surface area contributed by atoms with Gasteiger partial charge in [0.25, 0.3) is 0 Å². The maximum atomic E-state index is 11.4. The van der Waals surface area contributed by atoms with Gasteiger partial charge in [0.05, 0.1) is 7.11 Å². The maximum Gasteiger partial charge on any atom is 0.330 e. The normalized spacial score (nSPS) is 12.7. The average Bonchev–Trinajstić information content (AvgIpc) is 2.03. The summed E-state index contributed by atoms with van der Waals surface area (Å²) in [6.07, 6.45) is 0.389. The van der Waals surface area contributed by atoms with Crippen LogP contribution in [-0.4, -0.2) is 32.0 Å². The number of nitrogens with one attached hydrogen (secondary N) is 1. The molecule has 0 saturated carbocycles. The van der Waals surface area contributed by atoms with E-state index in [1.165, 1.54) is 7.11 Å². The maximum absolute atomic E-state index is 11.4. The molecule has 0 aromatic rings. The summed E-state index contributed by atoms with van der Waals surface area (Å²) in [6.45, 7) is 3.86. The second-order valence-corrected chi connectivity index (χ2v) is 3.31. The zero-order valence-corrected chi connectivity index (χ0v) is 8.59. The highest BCUT2D eigenvalue weighted by atomic mass is 16.5. The Balaban J connectivity index is 4.23. The lowest BCUT2D eigenvalue weighted by molar-refractivity contribution is -0.146. The lowest BCUT2D eigenvalue weighted by atomic mass is 10.0. The van der Waals surface area contributed by atoms with Crippen molar-refractivity contribution >= 4 is 11.8 Å². The van der Waals surface area contributed by atoms with Crippen LogP contribution in [0.15, 0.2) is 0 Å². The van der Waals surface area contributed by atoms with Crippen molar-refractivity contribution in [2.24, 2.45) is 5.92 Å². The van der Waals surface area contributed by atoms with Crippen molar-refractivity contribution in [3.8, 4) is 0 Å². The minimum atomic E-state index is -0.813. The lowest BCUT2D eigenvalue weighted by Crippen LogP contribution is -2.42. The summed E-state index contributed by atoms with van der Waals surface area (Å²) in [5, 5.41) is 2.63. The second kappa shape index (κ2) is 5.70. The van der Waals surface area contributed by atoms with Gasteiger partial charge in [-0.15, -0.1) is 0 Å². The van der Waals surface area contributed by atoms with Gasteiger partial charge in [-0.2, -0.15) is 0 Å².